The molecule has 4 heterocycles. The molecule has 408 valence electrons. The zero-order valence-electron chi connectivity index (χ0n) is 45.9. The number of nitrogens with one attached hydrogen (secondary N) is 1. The largest absolute Gasteiger partial charge is 0.393 e. The fourth-order valence-electron chi connectivity index (χ4n) is 16.3. The van der Waals surface area contributed by atoms with Crippen molar-refractivity contribution in [1.29, 1.82) is 0 Å². The first-order valence-corrected chi connectivity index (χ1v) is 31.0. The Morgan fingerprint density at radius 3 is 2.36 bits per heavy atom. The number of benzene rings is 2. The normalized spacial score (nSPS) is 33.4. The molecule has 1 spiro atoms. The molecule has 8 aliphatic rings. The number of amides is 1. The summed E-state index contributed by atoms with van der Waals surface area (Å²) in [7, 11) is -8.83. The number of fused-ring (bicyclic) bond motifs is 8. The van der Waals surface area contributed by atoms with E-state index in [1.807, 2.05) is 52.8 Å². The van der Waals surface area contributed by atoms with Crippen LogP contribution >= 0.6 is 0 Å². The van der Waals surface area contributed by atoms with Gasteiger partial charge in [0.2, 0.25) is 11.6 Å². The van der Waals surface area contributed by atoms with Gasteiger partial charge in [0.25, 0.3) is 20.2 Å². The number of unbranched alkanes of at least 4 members (excludes halogenated alkanes) is 2. The molecule has 4 N–H and O–H groups in total. The number of piperidine rings is 1. The maximum atomic E-state index is 13.4. The van der Waals surface area contributed by atoms with Gasteiger partial charge in [0, 0.05) is 85.5 Å². The molecule has 2 aromatic rings. The number of allylic oxidation sites excluding steroid dienone is 6. The Balaban J connectivity index is 0.773. The van der Waals surface area contributed by atoms with Crippen LogP contribution in [0.25, 0.3) is 0 Å². The summed E-state index contributed by atoms with van der Waals surface area (Å²) >= 11 is 0. The zero-order chi connectivity index (χ0) is 53.8. The summed E-state index contributed by atoms with van der Waals surface area (Å²) in [6.07, 6.45) is 19.9. The summed E-state index contributed by atoms with van der Waals surface area (Å²) in [6.45, 7) is 23.6. The van der Waals surface area contributed by atoms with Crippen LogP contribution < -0.4 is 10.2 Å². The van der Waals surface area contributed by atoms with Crippen LogP contribution in [0.3, 0.4) is 0 Å². The number of carbonyl (C=O) groups excluding carboxylic acids is 1. The van der Waals surface area contributed by atoms with E-state index in [1.54, 1.807) is 29.8 Å². The predicted octanol–water partition coefficient (Wildman–Crippen LogP) is 10.2. The van der Waals surface area contributed by atoms with Crippen molar-refractivity contribution in [3.63, 3.8) is 0 Å². The van der Waals surface area contributed by atoms with E-state index in [2.05, 4.69) is 53.5 Å². The Labute approximate surface area is 447 Å². The second-order valence-corrected chi connectivity index (χ2v) is 28.0. The highest BCUT2D eigenvalue weighted by atomic mass is 32.2. The van der Waals surface area contributed by atoms with E-state index in [-0.39, 0.29) is 38.9 Å². The van der Waals surface area contributed by atoms with E-state index in [0.29, 0.717) is 61.7 Å². The second kappa shape index (κ2) is 19.7. The number of anilines is 1. The molecule has 4 fully saturated rings. The Bertz CT molecular complexity index is 3030. The van der Waals surface area contributed by atoms with Crippen molar-refractivity contribution < 1.29 is 45.2 Å². The minimum atomic E-state index is -4.44. The molecular formula is C60H83N4O9S2+. The molecule has 10 rings (SSSR count). The third-order valence-corrected chi connectivity index (χ3v) is 22.0. The van der Waals surface area contributed by atoms with Crippen molar-refractivity contribution in [3.8, 4) is 0 Å². The highest BCUT2D eigenvalue weighted by Gasteiger charge is 2.62. The molecule has 0 bridgehead atoms. The van der Waals surface area contributed by atoms with E-state index < -0.39 is 31.1 Å². The van der Waals surface area contributed by atoms with Gasteiger partial charge in [-0.15, -0.1) is 0 Å². The lowest BCUT2D eigenvalue weighted by Gasteiger charge is -2.49. The molecule has 2 saturated heterocycles. The lowest BCUT2D eigenvalue weighted by atomic mass is 9.56. The summed E-state index contributed by atoms with van der Waals surface area (Å²) in [5.41, 5.74) is 8.71. The Morgan fingerprint density at radius 1 is 0.920 bits per heavy atom. The molecule has 0 aromatic heterocycles. The number of hydrogen-bond donors (Lipinski definition) is 4. The SMILES string of the molecule is CCN1C(=CC=CC2=[N+](CCCCCC(=O)NCCN3CC(C)C[C@H]4OC5(CCC6C(=C5C)CC5C6CC=C6C[C@@H](O)CCC65C)[C@H](C)C43)c3ccc(S(=O)(=O)O)cc3C2(C)C)C(C)(C)c2cc(S(=O)(=O)O)ccc21. The van der Waals surface area contributed by atoms with E-state index in [1.165, 1.54) is 36.1 Å². The van der Waals surface area contributed by atoms with Gasteiger partial charge in [0.1, 0.15) is 6.54 Å². The first-order chi connectivity index (χ1) is 35.3. The lowest BCUT2D eigenvalue weighted by molar-refractivity contribution is -0.438. The van der Waals surface area contributed by atoms with Crippen molar-refractivity contribution in [1.82, 2.24) is 10.2 Å². The number of rotatable bonds is 14. The number of likely N-dealkylation sites (N-methyl/N-ethyl adjacent to an activating group) is 1. The minimum Gasteiger partial charge on any atom is -0.393 e. The maximum Gasteiger partial charge on any atom is 0.294 e. The van der Waals surface area contributed by atoms with Crippen molar-refractivity contribution >= 4 is 43.2 Å². The van der Waals surface area contributed by atoms with Gasteiger partial charge in [-0.1, -0.05) is 57.9 Å². The first-order valence-electron chi connectivity index (χ1n) is 28.1. The molecule has 1 amide bonds. The van der Waals surface area contributed by atoms with Crippen LogP contribution in [0, 0.1) is 35.0 Å². The van der Waals surface area contributed by atoms with Crippen LogP contribution in [0.5, 0.6) is 0 Å². The fourth-order valence-corrected chi connectivity index (χ4v) is 17.3. The van der Waals surface area contributed by atoms with E-state index in [0.717, 1.165) is 105 Å². The third kappa shape index (κ3) is 9.37. The number of carbonyl (C=O) groups is 1. The second-order valence-electron chi connectivity index (χ2n) is 25.1. The number of aliphatic hydroxyl groups excluding tert-OH is 1. The van der Waals surface area contributed by atoms with Crippen molar-refractivity contribution in [2.24, 2.45) is 35.0 Å². The van der Waals surface area contributed by atoms with Crippen LogP contribution in [0.15, 0.2) is 92.9 Å². The van der Waals surface area contributed by atoms with Gasteiger partial charge in [-0.05, 0) is 169 Å². The zero-order valence-corrected chi connectivity index (χ0v) is 47.5. The van der Waals surface area contributed by atoms with Gasteiger partial charge in [-0.25, -0.2) is 0 Å². The highest BCUT2D eigenvalue weighted by Crippen LogP contribution is 2.65. The summed E-state index contributed by atoms with van der Waals surface area (Å²) in [6, 6.07) is 9.80. The lowest BCUT2D eigenvalue weighted by Crippen LogP contribution is -2.54. The molecular weight excluding hydrogens is 985 g/mol. The fraction of sp³-hybridized carbons (Fsp3) is 0.633. The Hall–Kier alpha value is -3.96. The van der Waals surface area contributed by atoms with Gasteiger partial charge in [-0.2, -0.15) is 21.4 Å². The van der Waals surface area contributed by atoms with Gasteiger partial charge in [0.05, 0.1) is 33.0 Å². The van der Waals surface area contributed by atoms with Gasteiger partial charge < -0.3 is 20.1 Å². The quantitative estimate of drug-likeness (QED) is 0.0613. The maximum absolute atomic E-state index is 13.4. The van der Waals surface area contributed by atoms with Crippen molar-refractivity contribution in [2.45, 2.75) is 184 Å². The number of nitrogens with zero attached hydrogens (tertiary/aromatic N) is 3. The van der Waals surface area contributed by atoms with E-state index in [4.69, 9.17) is 4.74 Å². The predicted molar refractivity (Wildman–Crippen MR) is 294 cm³/mol. The summed E-state index contributed by atoms with van der Waals surface area (Å²) in [5.74, 6) is 2.91. The first kappa shape index (κ1) is 54.4. The van der Waals surface area contributed by atoms with Crippen LogP contribution in [-0.4, -0.2) is 109 Å². The summed E-state index contributed by atoms with van der Waals surface area (Å²) < 4.78 is 78.3. The van der Waals surface area contributed by atoms with E-state index >= 15 is 0 Å². The number of likely N-dealkylation sites (tertiary alicyclic amines) is 1. The molecule has 7 unspecified atom stereocenters. The summed E-state index contributed by atoms with van der Waals surface area (Å²) in [4.78, 5) is 17.9. The number of hydrogen-bond acceptors (Lipinski definition) is 9. The van der Waals surface area contributed by atoms with Gasteiger partial charge >= 0.3 is 0 Å². The molecule has 4 aliphatic carbocycles. The Morgan fingerprint density at radius 2 is 1.64 bits per heavy atom. The standard InChI is InChI=1S/C60H82N4O9S2/c1-10-63-50-22-19-42(74(67,68)69)33-48(50)57(5,6)53(63)15-14-16-54-58(7,8)49-34-43(75(70,71)72)20-23-51(49)64(54)29-13-11-12-17-55(66)61-28-30-62-36-37(2)31-52-56(62)39(4)60(73-52)27-25-44-45-21-18-40-32-41(65)24-26-59(40,9)47(45)35-46(44)38(60)3/h14-16,18-20,22-23,33-34,37,39,41,44-45,47,52,56,65H,10-13,17,21,24-32,35-36H2,1-9H3,(H2-,61,66,67,68,69,70,71,72)/p+1/t37?,39-,41+,44?,45?,47?,52-,56?,59?,60?/m1/s1. The molecule has 0 radical (unpaired) electrons. The topological polar surface area (TPSA) is 177 Å². The van der Waals surface area contributed by atoms with Crippen molar-refractivity contribution in [2.75, 3.05) is 37.6 Å². The smallest absolute Gasteiger partial charge is 0.294 e. The molecule has 15 heteroatoms. The molecule has 4 aliphatic heterocycles. The van der Waals surface area contributed by atoms with E-state index in [9.17, 15) is 35.8 Å². The summed E-state index contributed by atoms with van der Waals surface area (Å²) in [5, 5.41) is 13.8. The van der Waals surface area contributed by atoms with Gasteiger partial charge in [0.15, 0.2) is 5.71 Å². The monoisotopic (exact) mass is 1070 g/mol. The van der Waals surface area contributed by atoms with Crippen LogP contribution in [0.1, 0.15) is 150 Å². The molecule has 75 heavy (non-hydrogen) atoms. The molecule has 10 atom stereocenters. The number of ether oxygens (including phenoxy) is 1. The highest BCUT2D eigenvalue weighted by molar-refractivity contribution is 7.86. The molecule has 2 saturated carbocycles. The minimum absolute atomic E-state index is 0.0603. The van der Waals surface area contributed by atoms with Crippen LogP contribution in [-0.2, 0) is 40.6 Å². The number of aliphatic hydroxyl groups is 1. The third-order valence-electron chi connectivity index (χ3n) is 20.3. The molecule has 2 aromatic carbocycles. The average molecular weight is 1070 g/mol. The van der Waals surface area contributed by atoms with Crippen molar-refractivity contribution in [3.05, 3.63) is 94.2 Å². The molecule has 13 nitrogen and oxygen atoms in total. The average Bonchev–Trinajstić information content (AvgIpc) is 4.00. The van der Waals surface area contributed by atoms with Gasteiger partial charge in [-0.3, -0.25) is 18.8 Å². The van der Waals surface area contributed by atoms with Crippen LogP contribution in [0.2, 0.25) is 0 Å². The Kier molecular flexibility index (Phi) is 14.3. The van der Waals surface area contributed by atoms with Crippen LogP contribution in [0.4, 0.5) is 11.4 Å².